The third kappa shape index (κ3) is 3.02. The Morgan fingerprint density at radius 2 is 2.35 bits per heavy atom. The first-order valence-corrected chi connectivity index (χ1v) is 7.98. The Hall–Kier alpha value is -0.530. The average molecular weight is 276 g/mol. The number of hydrogen-bond donors (Lipinski definition) is 1. The molecule has 0 spiro atoms. The van der Waals surface area contributed by atoms with E-state index < -0.39 is 10.0 Å². The molecule has 1 unspecified atom stereocenters. The quantitative estimate of drug-likeness (QED) is 0.897. The third-order valence-electron chi connectivity index (χ3n) is 2.79. The van der Waals surface area contributed by atoms with Crippen molar-refractivity contribution in [1.29, 1.82) is 0 Å². The van der Waals surface area contributed by atoms with Crippen molar-refractivity contribution in [2.24, 2.45) is 0 Å². The molecule has 2 rings (SSSR count). The molecule has 1 atom stereocenters. The topological polar surface area (TPSA) is 72.2 Å². The maximum Gasteiger partial charge on any atom is 0.219 e. The number of thioether (sulfide) groups is 1. The van der Waals surface area contributed by atoms with Crippen LogP contribution in [0.3, 0.4) is 0 Å². The summed E-state index contributed by atoms with van der Waals surface area (Å²) in [7, 11) is -3.35. The molecule has 1 fully saturated rings. The Morgan fingerprint density at radius 3 is 2.76 bits per heavy atom. The van der Waals surface area contributed by atoms with Gasteiger partial charge in [-0.25, -0.2) is 13.1 Å². The predicted octanol–water partition coefficient (Wildman–Crippen LogP) is 1.30. The number of rotatable bonds is 4. The van der Waals surface area contributed by atoms with Gasteiger partial charge in [-0.3, -0.25) is 0 Å². The maximum absolute atomic E-state index is 11.9. The van der Waals surface area contributed by atoms with E-state index in [1.54, 1.807) is 24.8 Å². The third-order valence-corrected chi connectivity index (χ3v) is 5.63. The highest BCUT2D eigenvalue weighted by molar-refractivity contribution is 8.02. The van der Waals surface area contributed by atoms with Gasteiger partial charge in [-0.2, -0.15) is 11.8 Å². The Morgan fingerprint density at radius 1 is 1.65 bits per heavy atom. The lowest BCUT2D eigenvalue weighted by atomic mass is 10.1. The van der Waals surface area contributed by atoms with Crippen LogP contribution in [0.15, 0.2) is 10.6 Å². The maximum atomic E-state index is 11.9. The van der Waals surface area contributed by atoms with Gasteiger partial charge in [0.1, 0.15) is 5.75 Å². The Kier molecular flexibility index (Phi) is 3.26. The van der Waals surface area contributed by atoms with E-state index >= 15 is 0 Å². The number of hydrogen-bond acceptors (Lipinski definition) is 5. The normalized spacial score (nSPS) is 23.4. The van der Waals surface area contributed by atoms with Crippen molar-refractivity contribution in [2.75, 3.05) is 5.75 Å². The number of aromatic nitrogens is 1. The summed E-state index contributed by atoms with van der Waals surface area (Å²) in [6.07, 6.45) is 0. The number of sulfonamides is 1. The van der Waals surface area contributed by atoms with Crippen LogP contribution < -0.4 is 4.72 Å². The van der Waals surface area contributed by atoms with Crippen LogP contribution in [0.2, 0.25) is 0 Å². The van der Waals surface area contributed by atoms with Crippen LogP contribution in [-0.4, -0.2) is 30.1 Å². The summed E-state index contributed by atoms with van der Waals surface area (Å²) in [5.41, 5.74) is 0.690. The van der Waals surface area contributed by atoms with E-state index in [0.717, 1.165) is 5.75 Å². The van der Waals surface area contributed by atoms with Crippen molar-refractivity contribution in [3.8, 4) is 0 Å². The lowest BCUT2D eigenvalue weighted by molar-refractivity contribution is 0.387. The van der Waals surface area contributed by atoms with E-state index in [9.17, 15) is 8.42 Å². The van der Waals surface area contributed by atoms with Crippen LogP contribution in [0, 0.1) is 6.92 Å². The van der Waals surface area contributed by atoms with Gasteiger partial charge in [0.25, 0.3) is 0 Å². The van der Waals surface area contributed by atoms with E-state index in [0.29, 0.717) is 11.5 Å². The van der Waals surface area contributed by atoms with Gasteiger partial charge >= 0.3 is 0 Å². The van der Waals surface area contributed by atoms with Crippen LogP contribution in [0.5, 0.6) is 0 Å². The molecule has 0 aromatic carbocycles. The number of nitrogens with one attached hydrogen (secondary N) is 1. The fourth-order valence-corrected chi connectivity index (χ4v) is 4.33. The van der Waals surface area contributed by atoms with Crippen LogP contribution >= 0.6 is 11.8 Å². The molecule has 1 aliphatic heterocycles. The van der Waals surface area contributed by atoms with Gasteiger partial charge in [0, 0.05) is 22.6 Å². The van der Waals surface area contributed by atoms with Gasteiger partial charge in [0.15, 0.2) is 5.76 Å². The summed E-state index contributed by atoms with van der Waals surface area (Å²) >= 11 is 1.76. The molecule has 0 radical (unpaired) electrons. The SMILES string of the molecule is Cc1cc(CS(=O)(=O)NC2CSC2(C)C)on1. The van der Waals surface area contributed by atoms with Gasteiger partial charge in [-0.1, -0.05) is 5.16 Å². The molecule has 2 heterocycles. The summed E-state index contributed by atoms with van der Waals surface area (Å²) in [4.78, 5) is 0. The molecule has 1 N–H and O–H groups in total. The highest BCUT2D eigenvalue weighted by Gasteiger charge is 2.41. The molecular weight excluding hydrogens is 260 g/mol. The summed E-state index contributed by atoms with van der Waals surface area (Å²) in [5, 5.41) is 3.67. The lowest BCUT2D eigenvalue weighted by Gasteiger charge is -2.43. The van der Waals surface area contributed by atoms with Crippen molar-refractivity contribution < 1.29 is 12.9 Å². The monoisotopic (exact) mass is 276 g/mol. The van der Waals surface area contributed by atoms with Crippen molar-refractivity contribution >= 4 is 21.8 Å². The molecule has 96 valence electrons. The molecule has 1 saturated heterocycles. The van der Waals surface area contributed by atoms with Gasteiger partial charge in [-0.15, -0.1) is 0 Å². The Bertz CT molecular complexity index is 507. The van der Waals surface area contributed by atoms with Crippen molar-refractivity contribution in [2.45, 2.75) is 37.3 Å². The highest BCUT2D eigenvalue weighted by atomic mass is 32.2. The smallest absolute Gasteiger partial charge is 0.219 e. The van der Waals surface area contributed by atoms with Gasteiger partial charge in [-0.05, 0) is 20.8 Å². The molecule has 1 aromatic heterocycles. The fourth-order valence-electron chi connectivity index (χ4n) is 1.61. The second-order valence-corrected chi connectivity index (χ2v) is 8.21. The largest absolute Gasteiger partial charge is 0.360 e. The fraction of sp³-hybridized carbons (Fsp3) is 0.700. The molecular formula is C10H16N2O3S2. The molecule has 7 heteroatoms. The van der Waals surface area contributed by atoms with E-state index in [-0.39, 0.29) is 16.5 Å². The van der Waals surface area contributed by atoms with E-state index in [1.165, 1.54) is 0 Å². The van der Waals surface area contributed by atoms with Crippen LogP contribution in [0.25, 0.3) is 0 Å². The molecule has 1 aliphatic rings. The predicted molar refractivity (Wildman–Crippen MR) is 67.3 cm³/mol. The zero-order chi connectivity index (χ0) is 12.7. The van der Waals surface area contributed by atoms with Crippen LogP contribution in [0.4, 0.5) is 0 Å². The molecule has 0 bridgehead atoms. The van der Waals surface area contributed by atoms with Crippen LogP contribution in [-0.2, 0) is 15.8 Å². The summed E-state index contributed by atoms with van der Waals surface area (Å²) in [6.45, 7) is 5.83. The summed E-state index contributed by atoms with van der Waals surface area (Å²) in [6, 6.07) is 1.64. The van der Waals surface area contributed by atoms with Crippen molar-refractivity contribution in [3.63, 3.8) is 0 Å². The van der Waals surface area contributed by atoms with E-state index in [1.807, 2.05) is 13.8 Å². The average Bonchev–Trinajstić information content (AvgIpc) is 2.58. The Labute approximate surface area is 105 Å². The molecule has 0 amide bonds. The van der Waals surface area contributed by atoms with Crippen molar-refractivity contribution in [3.05, 3.63) is 17.5 Å². The molecule has 0 saturated carbocycles. The first kappa shape index (κ1) is 12.9. The zero-order valence-electron chi connectivity index (χ0n) is 10.1. The molecule has 5 nitrogen and oxygen atoms in total. The van der Waals surface area contributed by atoms with Gasteiger partial charge in [0.2, 0.25) is 10.0 Å². The summed E-state index contributed by atoms with van der Waals surface area (Å²) in [5.74, 6) is 1.05. The van der Waals surface area contributed by atoms with E-state index in [2.05, 4.69) is 9.88 Å². The lowest BCUT2D eigenvalue weighted by Crippen LogP contribution is -2.56. The second-order valence-electron chi connectivity index (χ2n) is 4.78. The van der Waals surface area contributed by atoms with Gasteiger partial charge in [0.05, 0.1) is 5.69 Å². The minimum absolute atomic E-state index is 0.00141. The summed E-state index contributed by atoms with van der Waals surface area (Å²) < 4.78 is 31.4. The molecule has 17 heavy (non-hydrogen) atoms. The second kappa shape index (κ2) is 4.29. The zero-order valence-corrected chi connectivity index (χ0v) is 11.7. The molecule has 0 aliphatic carbocycles. The number of aryl methyl sites for hydroxylation is 1. The first-order chi connectivity index (χ1) is 7.78. The standard InChI is InChI=1S/C10H16N2O3S2/c1-7-4-8(15-11-7)6-17(13,14)12-9-5-16-10(9,2)3/h4,9,12H,5-6H2,1-3H3. The Balaban J connectivity index is 2.00. The molecule has 1 aromatic rings. The first-order valence-electron chi connectivity index (χ1n) is 5.35. The minimum Gasteiger partial charge on any atom is -0.360 e. The van der Waals surface area contributed by atoms with E-state index in [4.69, 9.17) is 4.52 Å². The highest BCUT2D eigenvalue weighted by Crippen LogP contribution is 2.40. The van der Waals surface area contributed by atoms with Crippen LogP contribution in [0.1, 0.15) is 25.3 Å². The number of nitrogens with zero attached hydrogens (tertiary/aromatic N) is 1. The van der Waals surface area contributed by atoms with Crippen molar-refractivity contribution in [1.82, 2.24) is 9.88 Å². The van der Waals surface area contributed by atoms with Gasteiger partial charge < -0.3 is 4.52 Å². The minimum atomic E-state index is -3.35.